The lowest BCUT2D eigenvalue weighted by Gasteiger charge is -2.36. The van der Waals surface area contributed by atoms with Crippen molar-refractivity contribution in [3.63, 3.8) is 0 Å². The standard InChI is InChI=1S/C17H25N3O3S/c1-13(19-10-8-15(9-11-19)18-24(2,22)23)17(21)20-12-7-14-5-3-4-6-16(14)20/h3-6,13,15,18H,7-12H2,1-2H3. The molecule has 3 rings (SSSR count). The number of likely N-dealkylation sites (tertiary alicyclic amines) is 1. The Balaban J connectivity index is 1.60. The van der Waals surface area contributed by atoms with Crippen LogP contribution < -0.4 is 9.62 Å². The van der Waals surface area contributed by atoms with E-state index in [4.69, 9.17) is 0 Å². The topological polar surface area (TPSA) is 69.7 Å². The van der Waals surface area contributed by atoms with E-state index in [9.17, 15) is 13.2 Å². The van der Waals surface area contributed by atoms with Crippen LogP contribution in [0.25, 0.3) is 0 Å². The number of piperidine rings is 1. The van der Waals surface area contributed by atoms with Gasteiger partial charge in [0.05, 0.1) is 12.3 Å². The Morgan fingerprint density at radius 3 is 2.54 bits per heavy atom. The number of amides is 1. The van der Waals surface area contributed by atoms with E-state index in [2.05, 4.69) is 15.7 Å². The molecule has 0 radical (unpaired) electrons. The summed E-state index contributed by atoms with van der Waals surface area (Å²) in [4.78, 5) is 16.9. The largest absolute Gasteiger partial charge is 0.310 e. The zero-order valence-electron chi connectivity index (χ0n) is 14.2. The fourth-order valence-electron chi connectivity index (χ4n) is 3.66. The van der Waals surface area contributed by atoms with Crippen molar-refractivity contribution in [2.75, 3.05) is 30.8 Å². The van der Waals surface area contributed by atoms with Crippen molar-refractivity contribution in [1.82, 2.24) is 9.62 Å². The molecule has 1 unspecified atom stereocenters. The summed E-state index contributed by atoms with van der Waals surface area (Å²) in [6.45, 7) is 4.16. The summed E-state index contributed by atoms with van der Waals surface area (Å²) in [5.74, 6) is 0.134. The molecular weight excluding hydrogens is 326 g/mol. The normalized spacial score (nSPS) is 20.8. The number of hydrogen-bond acceptors (Lipinski definition) is 4. The number of benzene rings is 1. The van der Waals surface area contributed by atoms with E-state index in [0.29, 0.717) is 0 Å². The molecule has 0 saturated carbocycles. The Morgan fingerprint density at radius 1 is 1.21 bits per heavy atom. The lowest BCUT2D eigenvalue weighted by Crippen LogP contribution is -2.52. The molecule has 2 aliphatic rings. The maximum Gasteiger partial charge on any atom is 0.244 e. The van der Waals surface area contributed by atoms with Crippen LogP contribution in [0.4, 0.5) is 5.69 Å². The third kappa shape index (κ3) is 3.79. The quantitative estimate of drug-likeness (QED) is 0.878. The van der Waals surface area contributed by atoms with Crippen LogP contribution in [-0.4, -0.2) is 57.2 Å². The van der Waals surface area contributed by atoms with Gasteiger partial charge in [0.2, 0.25) is 15.9 Å². The van der Waals surface area contributed by atoms with Crippen LogP contribution in [0, 0.1) is 0 Å². The second kappa shape index (κ2) is 6.82. The van der Waals surface area contributed by atoms with Crippen molar-refractivity contribution >= 4 is 21.6 Å². The maximum absolute atomic E-state index is 12.9. The highest BCUT2D eigenvalue weighted by Gasteiger charge is 2.33. The number of carbonyl (C=O) groups excluding carboxylic acids is 1. The highest BCUT2D eigenvalue weighted by molar-refractivity contribution is 7.88. The van der Waals surface area contributed by atoms with Crippen molar-refractivity contribution in [1.29, 1.82) is 0 Å². The zero-order chi connectivity index (χ0) is 17.3. The minimum absolute atomic E-state index is 0.0222. The smallest absolute Gasteiger partial charge is 0.244 e. The highest BCUT2D eigenvalue weighted by atomic mass is 32.2. The molecule has 6 nitrogen and oxygen atoms in total. The van der Waals surface area contributed by atoms with Crippen molar-refractivity contribution < 1.29 is 13.2 Å². The minimum Gasteiger partial charge on any atom is -0.310 e. The Labute approximate surface area is 143 Å². The first-order valence-electron chi connectivity index (χ1n) is 8.46. The summed E-state index contributed by atoms with van der Waals surface area (Å²) in [5.41, 5.74) is 2.26. The SMILES string of the molecule is CC(C(=O)N1CCc2ccccc21)N1CCC(NS(C)(=O)=O)CC1. The van der Waals surface area contributed by atoms with Gasteiger partial charge >= 0.3 is 0 Å². The van der Waals surface area contributed by atoms with Crippen molar-refractivity contribution in [2.45, 2.75) is 38.3 Å². The van der Waals surface area contributed by atoms with E-state index in [1.165, 1.54) is 11.8 Å². The van der Waals surface area contributed by atoms with Gasteiger partial charge in [-0.3, -0.25) is 9.69 Å². The summed E-state index contributed by atoms with van der Waals surface area (Å²) in [6.07, 6.45) is 3.58. The number of fused-ring (bicyclic) bond motifs is 1. The summed E-state index contributed by atoms with van der Waals surface area (Å²) >= 11 is 0. The maximum atomic E-state index is 12.9. The second-order valence-corrected chi connectivity index (χ2v) is 8.52. The lowest BCUT2D eigenvalue weighted by atomic mass is 10.0. The predicted molar refractivity (Wildman–Crippen MR) is 94.5 cm³/mol. The molecule has 2 aliphatic heterocycles. The van der Waals surface area contributed by atoms with Gasteiger partial charge in [0, 0.05) is 31.4 Å². The molecule has 1 amide bonds. The first kappa shape index (κ1) is 17.4. The molecule has 1 fully saturated rings. The van der Waals surface area contributed by atoms with E-state index >= 15 is 0 Å². The van der Waals surface area contributed by atoms with Crippen LogP contribution in [0.1, 0.15) is 25.3 Å². The van der Waals surface area contributed by atoms with E-state index < -0.39 is 10.0 Å². The molecule has 1 aromatic carbocycles. The molecule has 0 aliphatic carbocycles. The first-order valence-corrected chi connectivity index (χ1v) is 10.3. The van der Waals surface area contributed by atoms with Crippen LogP contribution in [0.3, 0.4) is 0 Å². The monoisotopic (exact) mass is 351 g/mol. The molecule has 24 heavy (non-hydrogen) atoms. The zero-order valence-corrected chi connectivity index (χ0v) is 15.1. The van der Waals surface area contributed by atoms with Gasteiger partial charge < -0.3 is 4.90 Å². The number of carbonyl (C=O) groups is 1. The molecular formula is C17H25N3O3S. The number of hydrogen-bond donors (Lipinski definition) is 1. The molecule has 1 atom stereocenters. The number of sulfonamides is 1. The summed E-state index contributed by atoms with van der Waals surface area (Å²) in [6, 6.07) is 7.86. The second-order valence-electron chi connectivity index (χ2n) is 6.74. The molecule has 1 saturated heterocycles. The van der Waals surface area contributed by atoms with E-state index in [-0.39, 0.29) is 18.0 Å². The number of para-hydroxylation sites is 1. The molecule has 132 valence electrons. The van der Waals surface area contributed by atoms with E-state index in [1.54, 1.807) is 0 Å². The average Bonchev–Trinajstić information content (AvgIpc) is 2.97. The van der Waals surface area contributed by atoms with Gasteiger partial charge in [0.15, 0.2) is 0 Å². The molecule has 0 spiro atoms. The van der Waals surface area contributed by atoms with Gasteiger partial charge in [-0.1, -0.05) is 18.2 Å². The average molecular weight is 351 g/mol. The molecule has 1 aromatic rings. The van der Waals surface area contributed by atoms with Crippen LogP contribution in [0.15, 0.2) is 24.3 Å². The molecule has 1 N–H and O–H groups in total. The lowest BCUT2D eigenvalue weighted by molar-refractivity contribution is -0.123. The highest BCUT2D eigenvalue weighted by Crippen LogP contribution is 2.28. The van der Waals surface area contributed by atoms with Crippen molar-refractivity contribution in [3.8, 4) is 0 Å². The third-order valence-corrected chi connectivity index (χ3v) is 5.73. The fourth-order valence-corrected chi connectivity index (χ4v) is 4.50. The van der Waals surface area contributed by atoms with Gasteiger partial charge in [-0.25, -0.2) is 13.1 Å². The fraction of sp³-hybridized carbons (Fsp3) is 0.588. The number of anilines is 1. The van der Waals surface area contributed by atoms with Crippen LogP contribution >= 0.6 is 0 Å². The van der Waals surface area contributed by atoms with Gasteiger partial charge in [-0.2, -0.15) is 0 Å². The van der Waals surface area contributed by atoms with Gasteiger partial charge in [0.25, 0.3) is 0 Å². The Morgan fingerprint density at radius 2 is 1.88 bits per heavy atom. The molecule has 0 bridgehead atoms. The van der Waals surface area contributed by atoms with E-state index in [1.807, 2.05) is 30.0 Å². The van der Waals surface area contributed by atoms with Crippen LogP contribution in [0.5, 0.6) is 0 Å². The Kier molecular flexibility index (Phi) is 4.94. The number of nitrogens with zero attached hydrogens (tertiary/aromatic N) is 2. The molecule has 7 heteroatoms. The van der Waals surface area contributed by atoms with Crippen LogP contribution in [-0.2, 0) is 21.2 Å². The van der Waals surface area contributed by atoms with Crippen molar-refractivity contribution in [2.24, 2.45) is 0 Å². The Bertz CT molecular complexity index is 712. The van der Waals surface area contributed by atoms with Gasteiger partial charge in [-0.15, -0.1) is 0 Å². The first-order chi connectivity index (χ1) is 11.3. The number of rotatable bonds is 4. The minimum atomic E-state index is -3.17. The number of nitrogens with one attached hydrogen (secondary N) is 1. The van der Waals surface area contributed by atoms with Gasteiger partial charge in [0.1, 0.15) is 0 Å². The van der Waals surface area contributed by atoms with Gasteiger partial charge in [-0.05, 0) is 37.8 Å². The third-order valence-electron chi connectivity index (χ3n) is 4.97. The summed E-state index contributed by atoms with van der Waals surface area (Å²) < 4.78 is 25.3. The summed E-state index contributed by atoms with van der Waals surface area (Å²) in [5, 5.41) is 0. The molecule has 0 aromatic heterocycles. The summed E-state index contributed by atoms with van der Waals surface area (Å²) in [7, 11) is -3.17. The molecule has 2 heterocycles. The van der Waals surface area contributed by atoms with E-state index in [0.717, 1.165) is 44.6 Å². The predicted octanol–water partition coefficient (Wildman–Crippen LogP) is 0.978. The van der Waals surface area contributed by atoms with Crippen LogP contribution in [0.2, 0.25) is 0 Å². The Hall–Kier alpha value is -1.44. The van der Waals surface area contributed by atoms with Crippen molar-refractivity contribution in [3.05, 3.63) is 29.8 Å².